The predicted molar refractivity (Wildman–Crippen MR) is 67.1 cm³/mol. The molecule has 16 heavy (non-hydrogen) atoms. The van der Waals surface area contributed by atoms with E-state index in [-0.39, 0.29) is 12.4 Å². The van der Waals surface area contributed by atoms with Crippen molar-refractivity contribution in [3.8, 4) is 0 Å². The highest BCUT2D eigenvalue weighted by Gasteiger charge is 2.08. The third-order valence-electron chi connectivity index (χ3n) is 2.47. The first kappa shape index (κ1) is 13.4. The number of carbonyl (C=O) groups is 1. The normalized spacial score (nSPS) is 10.4. The Morgan fingerprint density at radius 1 is 1.06 bits per heavy atom. The second-order valence-corrected chi connectivity index (χ2v) is 4.63. The van der Waals surface area contributed by atoms with Crippen molar-refractivity contribution in [2.75, 3.05) is 6.61 Å². The molecule has 0 spiro atoms. The lowest BCUT2D eigenvalue weighted by atomic mass is 10.0. The first-order chi connectivity index (χ1) is 7.75. The maximum atomic E-state index is 11.8. The fourth-order valence-corrected chi connectivity index (χ4v) is 2.07. The zero-order valence-electron chi connectivity index (χ0n) is 9.25. The van der Waals surface area contributed by atoms with Gasteiger partial charge in [-0.1, -0.05) is 47.0 Å². The van der Waals surface area contributed by atoms with Gasteiger partial charge in [0.25, 0.3) is 0 Å². The van der Waals surface area contributed by atoms with Gasteiger partial charge < -0.3 is 0 Å². The van der Waals surface area contributed by atoms with Crippen LogP contribution in [0.5, 0.6) is 0 Å². The molecule has 0 amide bonds. The summed E-state index contributed by atoms with van der Waals surface area (Å²) in [5.41, 5.74) is 0.756. The van der Waals surface area contributed by atoms with Gasteiger partial charge in [0.05, 0.1) is 6.61 Å². The van der Waals surface area contributed by atoms with E-state index in [1.165, 1.54) is 0 Å². The molecule has 0 aromatic heterocycles. The van der Waals surface area contributed by atoms with E-state index >= 15 is 0 Å². The zero-order valence-corrected chi connectivity index (χ0v) is 10.8. The van der Waals surface area contributed by atoms with E-state index in [2.05, 4.69) is 15.9 Å². The smallest absolute Gasteiger partial charge is 0.164 e. The monoisotopic (exact) mass is 283 g/mol. The molecule has 1 radical (unpaired) electrons. The first-order valence-corrected chi connectivity index (χ1v) is 6.41. The number of hydrogen-bond donors (Lipinski definition) is 0. The summed E-state index contributed by atoms with van der Waals surface area (Å²) in [6.45, 7) is -0.00181. The number of unbranched alkanes of at least 4 members (excludes halogenated alkanes) is 3. The van der Waals surface area contributed by atoms with Crippen LogP contribution in [0, 0.1) is 0 Å². The van der Waals surface area contributed by atoms with Crippen molar-refractivity contribution in [3.63, 3.8) is 0 Å². The SMILES string of the molecule is [O]CCCCCCC(=O)c1ccccc1Br. The summed E-state index contributed by atoms with van der Waals surface area (Å²) in [7, 11) is 0. The van der Waals surface area contributed by atoms with Crippen molar-refractivity contribution in [2.24, 2.45) is 0 Å². The molecular weight excluding hydrogens is 268 g/mol. The van der Waals surface area contributed by atoms with Gasteiger partial charge in [0.2, 0.25) is 0 Å². The molecule has 1 rings (SSSR count). The van der Waals surface area contributed by atoms with Crippen LogP contribution in [0.2, 0.25) is 0 Å². The van der Waals surface area contributed by atoms with E-state index in [9.17, 15) is 9.90 Å². The Labute approximate surface area is 105 Å². The molecule has 0 saturated heterocycles. The third-order valence-corrected chi connectivity index (χ3v) is 3.16. The van der Waals surface area contributed by atoms with Crippen molar-refractivity contribution in [1.82, 2.24) is 0 Å². The maximum Gasteiger partial charge on any atom is 0.164 e. The van der Waals surface area contributed by atoms with Crippen LogP contribution in [0.4, 0.5) is 0 Å². The molecule has 0 unspecified atom stereocenters. The lowest BCUT2D eigenvalue weighted by molar-refractivity contribution is 0.0978. The molecule has 0 heterocycles. The van der Waals surface area contributed by atoms with Gasteiger partial charge in [-0.05, 0) is 18.9 Å². The van der Waals surface area contributed by atoms with E-state index in [0.29, 0.717) is 6.42 Å². The fraction of sp³-hybridized carbons (Fsp3) is 0.462. The molecule has 0 atom stereocenters. The Morgan fingerprint density at radius 2 is 1.75 bits per heavy atom. The Balaban J connectivity index is 2.33. The van der Waals surface area contributed by atoms with Crippen LogP contribution in [0.25, 0.3) is 0 Å². The summed E-state index contributed by atoms with van der Waals surface area (Å²) >= 11 is 3.37. The number of benzene rings is 1. The molecule has 0 saturated carbocycles. The minimum absolute atomic E-state index is 0.00181. The van der Waals surface area contributed by atoms with Crippen LogP contribution in [-0.4, -0.2) is 12.4 Å². The second kappa shape index (κ2) is 7.58. The summed E-state index contributed by atoms with van der Waals surface area (Å²) in [6, 6.07) is 7.49. The van der Waals surface area contributed by atoms with Gasteiger partial charge in [-0.2, -0.15) is 0 Å². The number of carbonyl (C=O) groups excluding carboxylic acids is 1. The Kier molecular flexibility index (Phi) is 6.34. The number of halogens is 1. The van der Waals surface area contributed by atoms with Crippen molar-refractivity contribution >= 4 is 21.7 Å². The Bertz CT molecular complexity index is 336. The van der Waals surface area contributed by atoms with Gasteiger partial charge in [0, 0.05) is 16.5 Å². The highest BCUT2D eigenvalue weighted by molar-refractivity contribution is 9.10. The van der Waals surface area contributed by atoms with E-state index in [4.69, 9.17) is 0 Å². The largest absolute Gasteiger partial charge is 0.294 e. The van der Waals surface area contributed by atoms with Gasteiger partial charge in [-0.25, -0.2) is 5.11 Å². The molecule has 0 aliphatic carbocycles. The van der Waals surface area contributed by atoms with Crippen molar-refractivity contribution in [3.05, 3.63) is 34.3 Å². The Hall–Kier alpha value is -0.670. The number of rotatable bonds is 7. The number of ketones is 1. The fourth-order valence-electron chi connectivity index (χ4n) is 1.56. The van der Waals surface area contributed by atoms with Crippen LogP contribution in [-0.2, 0) is 5.11 Å². The molecule has 0 N–H and O–H groups in total. The van der Waals surface area contributed by atoms with E-state index in [1.54, 1.807) is 0 Å². The maximum absolute atomic E-state index is 11.8. The van der Waals surface area contributed by atoms with Gasteiger partial charge >= 0.3 is 0 Å². The number of Topliss-reactive ketones (excluding diaryl/α,β-unsaturated/α-hetero) is 1. The number of hydrogen-bond acceptors (Lipinski definition) is 1. The predicted octanol–water partition coefficient (Wildman–Crippen LogP) is 4.01. The van der Waals surface area contributed by atoms with Crippen LogP contribution in [0.3, 0.4) is 0 Å². The molecule has 2 nitrogen and oxygen atoms in total. The van der Waals surface area contributed by atoms with Crippen molar-refractivity contribution < 1.29 is 9.90 Å². The van der Waals surface area contributed by atoms with E-state index in [0.717, 1.165) is 35.7 Å². The summed E-state index contributed by atoms with van der Waals surface area (Å²) in [5.74, 6) is 0.176. The van der Waals surface area contributed by atoms with Gasteiger partial charge in [0.15, 0.2) is 5.78 Å². The van der Waals surface area contributed by atoms with Crippen LogP contribution < -0.4 is 0 Å². The minimum Gasteiger partial charge on any atom is -0.294 e. The summed E-state index contributed by atoms with van der Waals surface area (Å²) < 4.78 is 0.861. The second-order valence-electron chi connectivity index (χ2n) is 3.77. The van der Waals surface area contributed by atoms with Crippen molar-refractivity contribution in [2.45, 2.75) is 32.1 Å². The third kappa shape index (κ3) is 4.45. The standard InChI is InChI=1S/C13H16BrO2/c14-12-8-5-4-7-11(12)13(16)9-3-1-2-6-10-15/h4-5,7-8H,1-3,6,9-10H2. The van der Waals surface area contributed by atoms with Gasteiger partial charge in [-0.15, -0.1) is 0 Å². The first-order valence-electron chi connectivity index (χ1n) is 5.61. The molecule has 0 fully saturated rings. The van der Waals surface area contributed by atoms with Crippen molar-refractivity contribution in [1.29, 1.82) is 0 Å². The van der Waals surface area contributed by atoms with Gasteiger partial charge in [-0.3, -0.25) is 4.79 Å². The highest BCUT2D eigenvalue weighted by Crippen LogP contribution is 2.18. The molecule has 87 valence electrons. The zero-order chi connectivity index (χ0) is 11.8. The molecule has 0 aliphatic heterocycles. The van der Waals surface area contributed by atoms with Crippen LogP contribution >= 0.6 is 15.9 Å². The van der Waals surface area contributed by atoms with E-state index < -0.39 is 0 Å². The molecular formula is C13H16BrO2. The molecule has 3 heteroatoms. The molecule has 0 aliphatic rings. The average Bonchev–Trinajstić information content (AvgIpc) is 2.29. The lowest BCUT2D eigenvalue weighted by Gasteiger charge is -2.03. The minimum atomic E-state index is -0.00181. The Morgan fingerprint density at radius 3 is 2.44 bits per heavy atom. The molecule has 1 aromatic carbocycles. The topological polar surface area (TPSA) is 37.0 Å². The summed E-state index contributed by atoms with van der Waals surface area (Å²) in [5, 5.41) is 10.2. The quantitative estimate of drug-likeness (QED) is 0.550. The average molecular weight is 284 g/mol. The molecule has 1 aromatic rings. The molecule has 0 bridgehead atoms. The van der Waals surface area contributed by atoms with E-state index in [1.807, 2.05) is 24.3 Å². The lowest BCUT2D eigenvalue weighted by Crippen LogP contribution is -1.99. The summed E-state index contributed by atoms with van der Waals surface area (Å²) in [4.78, 5) is 11.8. The van der Waals surface area contributed by atoms with Crippen LogP contribution in [0.15, 0.2) is 28.7 Å². The summed E-state index contributed by atoms with van der Waals surface area (Å²) in [6.07, 6.45) is 4.08. The van der Waals surface area contributed by atoms with Gasteiger partial charge in [0.1, 0.15) is 0 Å². The highest BCUT2D eigenvalue weighted by atomic mass is 79.9. The van der Waals surface area contributed by atoms with Crippen LogP contribution in [0.1, 0.15) is 42.5 Å².